The molecular weight excluding hydrogens is 356 g/mol. The van der Waals surface area contributed by atoms with Gasteiger partial charge in [0.1, 0.15) is 5.75 Å². The van der Waals surface area contributed by atoms with E-state index in [9.17, 15) is 0 Å². The van der Waals surface area contributed by atoms with Gasteiger partial charge in [-0.1, -0.05) is 0 Å². The summed E-state index contributed by atoms with van der Waals surface area (Å²) in [6, 6.07) is 9.75. The largest absolute Gasteiger partial charge is 0.497 e. The molecule has 0 atom stereocenters. The van der Waals surface area contributed by atoms with Gasteiger partial charge in [0.2, 0.25) is 0 Å². The van der Waals surface area contributed by atoms with Crippen LogP contribution in [0.1, 0.15) is 38.5 Å². The van der Waals surface area contributed by atoms with Crippen molar-refractivity contribution < 1.29 is 4.74 Å². The van der Waals surface area contributed by atoms with Crippen LogP contribution in [0.2, 0.25) is 0 Å². The zero-order valence-electron chi connectivity index (χ0n) is 15.6. The molecular formula is C21H26N4OS. The van der Waals surface area contributed by atoms with Gasteiger partial charge >= 0.3 is 0 Å². The molecule has 27 heavy (non-hydrogen) atoms. The second-order valence-corrected chi connectivity index (χ2v) is 9.00. The van der Waals surface area contributed by atoms with Gasteiger partial charge < -0.3 is 15.4 Å². The van der Waals surface area contributed by atoms with Crippen LogP contribution in [0.4, 0.5) is 11.5 Å². The topological polar surface area (TPSA) is 51.1 Å². The fraction of sp³-hybridized carbons (Fsp3) is 0.524. The number of nitrogens with zero attached hydrogens (tertiary/aromatic N) is 2. The molecule has 5 nitrogen and oxygen atoms in total. The first-order valence-electron chi connectivity index (χ1n) is 9.90. The van der Waals surface area contributed by atoms with Crippen LogP contribution in [0.15, 0.2) is 36.5 Å². The molecule has 0 radical (unpaired) electrons. The maximum atomic E-state index is 5.45. The van der Waals surface area contributed by atoms with E-state index in [0.717, 1.165) is 35.0 Å². The molecule has 1 heterocycles. The molecule has 0 amide bonds. The minimum Gasteiger partial charge on any atom is -0.497 e. The summed E-state index contributed by atoms with van der Waals surface area (Å²) < 4.78 is 7.43. The van der Waals surface area contributed by atoms with E-state index in [-0.39, 0.29) is 5.54 Å². The Balaban J connectivity index is 1.26. The van der Waals surface area contributed by atoms with E-state index >= 15 is 0 Å². The summed E-state index contributed by atoms with van der Waals surface area (Å²) in [5.74, 6) is 4.38. The number of nitrogens with one attached hydrogen (secondary N) is 2. The second kappa shape index (κ2) is 6.51. The Hall–Kier alpha value is -2.08. The van der Waals surface area contributed by atoms with Crippen LogP contribution in [0.5, 0.6) is 5.75 Å². The summed E-state index contributed by atoms with van der Waals surface area (Å²) in [6.45, 7) is 0. The molecule has 6 rings (SSSR count). The summed E-state index contributed by atoms with van der Waals surface area (Å²) >= 11 is 5.45. The lowest BCUT2D eigenvalue weighted by atomic mass is 9.53. The Bertz CT molecular complexity index is 809. The maximum absolute atomic E-state index is 5.45. The SMILES string of the molecule is COc1ccc(NC(=S)Nc2ccn(C34CC5CC(CC(C5)C3)C4)n2)cc1. The number of thiocarbonyl (C=S) groups is 1. The first-order chi connectivity index (χ1) is 13.1. The number of hydrogen-bond acceptors (Lipinski definition) is 3. The van der Waals surface area contributed by atoms with Crippen LogP contribution in [0, 0.1) is 17.8 Å². The average Bonchev–Trinajstić information content (AvgIpc) is 3.10. The monoisotopic (exact) mass is 382 g/mol. The van der Waals surface area contributed by atoms with E-state index in [1.165, 1.54) is 38.5 Å². The second-order valence-electron chi connectivity index (χ2n) is 8.60. The van der Waals surface area contributed by atoms with Crippen LogP contribution in [0.25, 0.3) is 0 Å². The lowest BCUT2D eigenvalue weighted by Crippen LogP contribution is -2.52. The highest BCUT2D eigenvalue weighted by molar-refractivity contribution is 7.80. The van der Waals surface area contributed by atoms with Gasteiger partial charge in [0.15, 0.2) is 10.9 Å². The molecule has 0 saturated heterocycles. The van der Waals surface area contributed by atoms with Crippen molar-refractivity contribution in [1.82, 2.24) is 9.78 Å². The van der Waals surface area contributed by atoms with E-state index < -0.39 is 0 Å². The number of aromatic nitrogens is 2. The van der Waals surface area contributed by atoms with Gasteiger partial charge in [0.05, 0.1) is 12.6 Å². The first kappa shape index (κ1) is 17.0. The summed E-state index contributed by atoms with van der Waals surface area (Å²) in [7, 11) is 1.66. The highest BCUT2D eigenvalue weighted by Gasteiger charge is 2.52. The van der Waals surface area contributed by atoms with Crippen molar-refractivity contribution in [3.05, 3.63) is 36.5 Å². The van der Waals surface area contributed by atoms with Crippen molar-refractivity contribution in [3.63, 3.8) is 0 Å². The normalized spacial score (nSPS) is 30.9. The van der Waals surface area contributed by atoms with E-state index in [0.29, 0.717) is 5.11 Å². The summed E-state index contributed by atoms with van der Waals surface area (Å²) in [6.07, 6.45) is 10.4. The lowest BCUT2D eigenvalue weighted by Gasteiger charge is -2.56. The molecule has 0 aliphatic heterocycles. The molecule has 0 spiro atoms. The van der Waals surface area contributed by atoms with Crippen molar-refractivity contribution in [2.45, 2.75) is 44.1 Å². The number of anilines is 2. The predicted octanol–water partition coefficient (Wildman–Crippen LogP) is 4.63. The van der Waals surface area contributed by atoms with Crippen molar-refractivity contribution in [2.24, 2.45) is 17.8 Å². The van der Waals surface area contributed by atoms with Crippen LogP contribution < -0.4 is 15.4 Å². The number of benzene rings is 1. The van der Waals surface area contributed by atoms with E-state index in [2.05, 4.69) is 21.5 Å². The Morgan fingerprint density at radius 3 is 2.26 bits per heavy atom. The molecule has 6 heteroatoms. The minimum absolute atomic E-state index is 0.250. The molecule has 1 aromatic carbocycles. The zero-order chi connectivity index (χ0) is 18.4. The van der Waals surface area contributed by atoms with Crippen molar-refractivity contribution in [1.29, 1.82) is 0 Å². The molecule has 142 valence electrons. The standard InChI is InChI=1S/C21H26N4OS/c1-26-18-4-2-17(3-5-18)22-20(27)23-19-6-7-25(24-19)21-11-14-8-15(12-21)10-16(9-14)13-21/h2-7,14-16H,8-13H2,1H3,(H2,22,23,24,27). The summed E-state index contributed by atoms with van der Waals surface area (Å²) in [4.78, 5) is 0. The van der Waals surface area contributed by atoms with Crippen LogP contribution in [0.3, 0.4) is 0 Å². The Labute approximate surface area is 165 Å². The third kappa shape index (κ3) is 3.20. The van der Waals surface area contributed by atoms with Crippen LogP contribution in [-0.2, 0) is 5.54 Å². The maximum Gasteiger partial charge on any atom is 0.176 e. The van der Waals surface area contributed by atoms with Gasteiger partial charge in [-0.3, -0.25) is 4.68 Å². The zero-order valence-corrected chi connectivity index (χ0v) is 16.5. The molecule has 2 N–H and O–H groups in total. The molecule has 4 aliphatic rings. The highest BCUT2D eigenvalue weighted by atomic mass is 32.1. The van der Waals surface area contributed by atoms with Gasteiger partial charge in [-0.15, -0.1) is 0 Å². The highest BCUT2D eigenvalue weighted by Crippen LogP contribution is 2.58. The van der Waals surface area contributed by atoms with Gasteiger partial charge in [0.25, 0.3) is 0 Å². The smallest absolute Gasteiger partial charge is 0.176 e. The molecule has 1 aromatic heterocycles. The van der Waals surface area contributed by atoms with Crippen molar-refractivity contribution >= 4 is 28.8 Å². The number of ether oxygens (including phenoxy) is 1. The number of hydrogen-bond donors (Lipinski definition) is 2. The lowest BCUT2D eigenvalue weighted by molar-refractivity contribution is -0.0492. The van der Waals surface area contributed by atoms with Crippen molar-refractivity contribution in [2.75, 3.05) is 17.7 Å². The van der Waals surface area contributed by atoms with Crippen molar-refractivity contribution in [3.8, 4) is 5.75 Å². The first-order valence-corrected chi connectivity index (χ1v) is 10.3. The quantitative estimate of drug-likeness (QED) is 0.756. The van der Waals surface area contributed by atoms with Gasteiger partial charge in [-0.05, 0) is 92.8 Å². The molecule has 4 aliphatic carbocycles. The minimum atomic E-state index is 0.250. The predicted molar refractivity (Wildman–Crippen MR) is 111 cm³/mol. The third-order valence-electron chi connectivity index (χ3n) is 6.67. The Kier molecular flexibility index (Phi) is 4.11. The molecule has 4 fully saturated rings. The molecule has 0 unspecified atom stereocenters. The number of rotatable bonds is 4. The van der Waals surface area contributed by atoms with Gasteiger partial charge in [-0.2, -0.15) is 5.10 Å². The Morgan fingerprint density at radius 2 is 1.67 bits per heavy atom. The van der Waals surface area contributed by atoms with Gasteiger partial charge in [0, 0.05) is 18.0 Å². The molecule has 4 bridgehead atoms. The summed E-state index contributed by atoms with van der Waals surface area (Å²) in [5.41, 5.74) is 1.17. The fourth-order valence-electron chi connectivity index (χ4n) is 5.95. The molecule has 2 aromatic rings. The fourth-order valence-corrected chi connectivity index (χ4v) is 6.18. The van der Waals surface area contributed by atoms with E-state index in [1.54, 1.807) is 7.11 Å². The van der Waals surface area contributed by atoms with Crippen LogP contribution in [-0.4, -0.2) is 22.0 Å². The third-order valence-corrected chi connectivity index (χ3v) is 6.87. The molecule has 4 saturated carbocycles. The van der Waals surface area contributed by atoms with Gasteiger partial charge in [-0.25, -0.2) is 0 Å². The Morgan fingerprint density at radius 1 is 1.04 bits per heavy atom. The number of methoxy groups -OCH3 is 1. The average molecular weight is 383 g/mol. The van der Waals surface area contributed by atoms with E-state index in [1.807, 2.05) is 30.3 Å². The van der Waals surface area contributed by atoms with Crippen LogP contribution >= 0.6 is 12.2 Å². The van der Waals surface area contributed by atoms with E-state index in [4.69, 9.17) is 22.1 Å². The summed E-state index contributed by atoms with van der Waals surface area (Å²) in [5, 5.41) is 11.8.